The first-order valence-corrected chi connectivity index (χ1v) is 6.96. The lowest BCUT2D eigenvalue weighted by atomic mass is 10.1. The Morgan fingerprint density at radius 2 is 2.19 bits per heavy atom. The van der Waals surface area contributed by atoms with Crippen molar-refractivity contribution in [2.24, 2.45) is 0 Å². The summed E-state index contributed by atoms with van der Waals surface area (Å²) in [7, 11) is 3.64. The number of aliphatic hydroxyl groups excluding tert-OH is 1. The highest BCUT2D eigenvalue weighted by Gasteiger charge is 2.12. The fraction of sp³-hybridized carbons (Fsp3) is 0.471. The van der Waals surface area contributed by atoms with E-state index in [0.29, 0.717) is 19.4 Å². The molecule has 112 valence electrons. The molecule has 1 N–H and O–H groups in total. The molecule has 0 spiro atoms. The molecule has 0 saturated carbocycles. The van der Waals surface area contributed by atoms with Crippen LogP contribution in [0, 0.1) is 23.2 Å². The van der Waals surface area contributed by atoms with Gasteiger partial charge in [-0.3, -0.25) is 4.90 Å². The Kier molecular flexibility index (Phi) is 7.32. The summed E-state index contributed by atoms with van der Waals surface area (Å²) in [4.78, 5) is 2.12. The average Bonchev–Trinajstić information content (AvgIpc) is 2.48. The van der Waals surface area contributed by atoms with E-state index >= 15 is 0 Å². The largest absolute Gasteiger partial charge is 0.496 e. The van der Waals surface area contributed by atoms with Gasteiger partial charge in [-0.15, -0.1) is 0 Å². The highest BCUT2D eigenvalue weighted by molar-refractivity contribution is 5.44. The fourth-order valence-electron chi connectivity index (χ4n) is 1.91. The molecular weight excluding hydrogens is 264 g/mol. The molecule has 1 unspecified atom stereocenters. The Labute approximate surface area is 127 Å². The lowest BCUT2D eigenvalue weighted by Gasteiger charge is -2.23. The number of nitriles is 1. The van der Waals surface area contributed by atoms with Crippen LogP contribution < -0.4 is 4.74 Å². The number of hydrogen-bond acceptors (Lipinski definition) is 4. The van der Waals surface area contributed by atoms with Crippen LogP contribution in [0.25, 0.3) is 0 Å². The first-order chi connectivity index (χ1) is 10.1. The first kappa shape index (κ1) is 17.0. The summed E-state index contributed by atoms with van der Waals surface area (Å²) >= 11 is 0. The summed E-state index contributed by atoms with van der Waals surface area (Å²) in [5.41, 5.74) is 1.95. The monoisotopic (exact) mass is 286 g/mol. The van der Waals surface area contributed by atoms with E-state index in [1.165, 1.54) is 0 Å². The molecule has 0 aliphatic rings. The average molecular weight is 286 g/mol. The maximum Gasteiger partial charge on any atom is 0.123 e. The molecule has 4 heteroatoms. The van der Waals surface area contributed by atoms with E-state index in [0.717, 1.165) is 16.9 Å². The SMILES string of the molecule is COc1ccc(C#CCCO)cc1CN(C)C(C)CC#N. The summed E-state index contributed by atoms with van der Waals surface area (Å²) in [6, 6.07) is 8.18. The highest BCUT2D eigenvalue weighted by atomic mass is 16.5. The van der Waals surface area contributed by atoms with Crippen molar-refractivity contribution >= 4 is 0 Å². The van der Waals surface area contributed by atoms with Crippen molar-refractivity contribution in [3.8, 4) is 23.7 Å². The number of methoxy groups -OCH3 is 1. The number of aliphatic hydroxyl groups is 1. The van der Waals surface area contributed by atoms with Gasteiger partial charge in [0, 0.05) is 30.1 Å². The van der Waals surface area contributed by atoms with Gasteiger partial charge in [0.15, 0.2) is 0 Å². The Morgan fingerprint density at radius 3 is 2.81 bits per heavy atom. The summed E-state index contributed by atoms with van der Waals surface area (Å²) in [5, 5.41) is 17.5. The second-order valence-corrected chi connectivity index (χ2v) is 4.93. The number of nitrogens with zero attached hydrogens (tertiary/aromatic N) is 2. The van der Waals surface area contributed by atoms with Gasteiger partial charge in [-0.1, -0.05) is 11.8 Å². The second kappa shape index (κ2) is 9.02. The van der Waals surface area contributed by atoms with Crippen LogP contribution in [0.2, 0.25) is 0 Å². The van der Waals surface area contributed by atoms with E-state index in [1.807, 2.05) is 32.2 Å². The zero-order valence-corrected chi connectivity index (χ0v) is 12.9. The van der Waals surface area contributed by atoms with Gasteiger partial charge in [0.2, 0.25) is 0 Å². The molecule has 1 rings (SSSR count). The van der Waals surface area contributed by atoms with Crippen molar-refractivity contribution in [3.63, 3.8) is 0 Å². The van der Waals surface area contributed by atoms with Crippen LogP contribution in [0.4, 0.5) is 0 Å². The maximum atomic E-state index is 8.78. The van der Waals surface area contributed by atoms with Gasteiger partial charge in [0.05, 0.1) is 26.2 Å². The molecule has 0 amide bonds. The Balaban J connectivity index is 2.91. The fourth-order valence-corrected chi connectivity index (χ4v) is 1.91. The molecule has 0 saturated heterocycles. The Hall–Kier alpha value is -2.01. The van der Waals surface area contributed by atoms with Gasteiger partial charge in [-0.25, -0.2) is 0 Å². The van der Waals surface area contributed by atoms with Gasteiger partial charge in [0.1, 0.15) is 5.75 Å². The summed E-state index contributed by atoms with van der Waals surface area (Å²) < 4.78 is 5.39. The predicted molar refractivity (Wildman–Crippen MR) is 82.7 cm³/mol. The molecular formula is C17H22N2O2. The maximum absolute atomic E-state index is 8.78. The number of rotatable bonds is 6. The minimum absolute atomic E-state index is 0.0738. The van der Waals surface area contributed by atoms with Crippen molar-refractivity contribution in [2.45, 2.75) is 32.4 Å². The van der Waals surface area contributed by atoms with E-state index in [-0.39, 0.29) is 12.6 Å². The molecule has 21 heavy (non-hydrogen) atoms. The van der Waals surface area contributed by atoms with Crippen molar-refractivity contribution in [1.82, 2.24) is 4.90 Å². The van der Waals surface area contributed by atoms with Crippen molar-refractivity contribution < 1.29 is 9.84 Å². The van der Waals surface area contributed by atoms with E-state index in [2.05, 4.69) is 22.8 Å². The third-order valence-electron chi connectivity index (χ3n) is 3.31. The topological polar surface area (TPSA) is 56.5 Å². The van der Waals surface area contributed by atoms with Crippen LogP contribution in [0.1, 0.15) is 30.9 Å². The quantitative estimate of drug-likeness (QED) is 0.814. The van der Waals surface area contributed by atoms with Crippen LogP contribution >= 0.6 is 0 Å². The lowest BCUT2D eigenvalue weighted by molar-refractivity contribution is 0.248. The third-order valence-corrected chi connectivity index (χ3v) is 3.31. The molecule has 0 aliphatic heterocycles. The number of ether oxygens (including phenoxy) is 1. The van der Waals surface area contributed by atoms with Crippen LogP contribution in [-0.4, -0.2) is 36.8 Å². The number of hydrogen-bond donors (Lipinski definition) is 1. The Morgan fingerprint density at radius 1 is 1.43 bits per heavy atom. The zero-order valence-electron chi connectivity index (χ0n) is 12.9. The van der Waals surface area contributed by atoms with Crippen molar-refractivity contribution in [2.75, 3.05) is 20.8 Å². The van der Waals surface area contributed by atoms with E-state index in [1.54, 1.807) is 7.11 Å². The summed E-state index contributed by atoms with van der Waals surface area (Å²) in [6.07, 6.45) is 0.968. The molecule has 1 aromatic rings. The minimum atomic E-state index is 0.0738. The van der Waals surface area contributed by atoms with Gasteiger partial charge in [0.25, 0.3) is 0 Å². The molecule has 1 atom stereocenters. The molecule has 4 nitrogen and oxygen atoms in total. The van der Waals surface area contributed by atoms with Gasteiger partial charge >= 0.3 is 0 Å². The molecule has 0 fully saturated rings. The number of benzene rings is 1. The Bertz CT molecular complexity index is 552. The van der Waals surface area contributed by atoms with Crippen molar-refractivity contribution in [3.05, 3.63) is 29.3 Å². The molecule has 0 aromatic heterocycles. The van der Waals surface area contributed by atoms with Gasteiger partial charge in [-0.05, 0) is 32.2 Å². The smallest absolute Gasteiger partial charge is 0.123 e. The third kappa shape index (κ3) is 5.47. The summed E-state index contributed by atoms with van der Waals surface area (Å²) in [5.74, 6) is 6.76. The predicted octanol–water partition coefficient (Wildman–Crippen LogP) is 2.16. The minimum Gasteiger partial charge on any atom is -0.496 e. The van der Waals surface area contributed by atoms with Crippen LogP contribution in [-0.2, 0) is 6.54 Å². The first-order valence-electron chi connectivity index (χ1n) is 6.96. The van der Waals surface area contributed by atoms with E-state index < -0.39 is 0 Å². The van der Waals surface area contributed by atoms with Crippen LogP contribution in [0.3, 0.4) is 0 Å². The standard InChI is InChI=1S/C17H22N2O2/c1-14(9-10-18)19(2)13-16-12-15(6-4-5-11-20)7-8-17(16)21-3/h7-8,12,14,20H,5,9,11,13H2,1-3H3. The van der Waals surface area contributed by atoms with Crippen LogP contribution in [0.15, 0.2) is 18.2 Å². The van der Waals surface area contributed by atoms with Gasteiger partial charge < -0.3 is 9.84 Å². The zero-order chi connectivity index (χ0) is 15.7. The van der Waals surface area contributed by atoms with E-state index in [9.17, 15) is 0 Å². The normalized spacial score (nSPS) is 11.4. The lowest BCUT2D eigenvalue weighted by Crippen LogP contribution is -2.28. The molecule has 0 aliphatic carbocycles. The molecule has 0 bridgehead atoms. The summed E-state index contributed by atoms with van der Waals surface area (Å²) in [6.45, 7) is 2.80. The van der Waals surface area contributed by atoms with Gasteiger partial charge in [-0.2, -0.15) is 5.26 Å². The van der Waals surface area contributed by atoms with Crippen LogP contribution in [0.5, 0.6) is 5.75 Å². The molecule has 1 aromatic carbocycles. The molecule has 0 heterocycles. The highest BCUT2D eigenvalue weighted by Crippen LogP contribution is 2.22. The second-order valence-electron chi connectivity index (χ2n) is 4.93. The molecule has 0 radical (unpaired) electrons. The van der Waals surface area contributed by atoms with E-state index in [4.69, 9.17) is 15.1 Å². The van der Waals surface area contributed by atoms with Crippen molar-refractivity contribution in [1.29, 1.82) is 5.26 Å².